The van der Waals surface area contributed by atoms with Crippen LogP contribution in [0.5, 0.6) is 0 Å². The van der Waals surface area contributed by atoms with Gasteiger partial charge in [-0.05, 0) is 36.3 Å². The van der Waals surface area contributed by atoms with Gasteiger partial charge in [-0.2, -0.15) is 0 Å². The topological polar surface area (TPSA) is 0 Å². The highest BCUT2D eigenvalue weighted by molar-refractivity contribution is 5.30. The van der Waals surface area contributed by atoms with E-state index in [0.717, 1.165) is 12.8 Å². The van der Waals surface area contributed by atoms with Crippen molar-refractivity contribution >= 4 is 0 Å². The third-order valence-electron chi connectivity index (χ3n) is 3.34. The second kappa shape index (κ2) is 6.24. The van der Waals surface area contributed by atoms with E-state index in [-0.39, 0.29) is 0 Å². The van der Waals surface area contributed by atoms with Gasteiger partial charge in [0.2, 0.25) is 0 Å². The summed E-state index contributed by atoms with van der Waals surface area (Å²) in [5.41, 5.74) is 2.91. The Kier molecular flexibility index (Phi) is 4.37. The van der Waals surface area contributed by atoms with Gasteiger partial charge in [0.1, 0.15) is 0 Å². The highest BCUT2D eigenvalue weighted by Gasteiger charge is 2.07. The minimum absolute atomic E-state index is 0.656. The molecule has 1 aliphatic carbocycles. The van der Waals surface area contributed by atoms with E-state index in [9.17, 15) is 0 Å². The van der Waals surface area contributed by atoms with Gasteiger partial charge in [0.15, 0.2) is 0 Å². The van der Waals surface area contributed by atoms with Crippen LogP contribution in [0, 0.1) is 0 Å². The molecule has 1 unspecified atom stereocenters. The molecule has 0 bridgehead atoms. The molecule has 0 spiro atoms. The summed E-state index contributed by atoms with van der Waals surface area (Å²) < 4.78 is 0. The maximum atomic E-state index is 2.39. The van der Waals surface area contributed by atoms with E-state index in [1.54, 1.807) is 0 Å². The standard InChI is InChI=1S/C17H20/c1-2-16(17-11-7-4-8-12-17)14-13-15-9-5-3-6-10-15/h3-9,11-13,16H,2,10,14H2,1H3/b15-13+. The average molecular weight is 224 g/mol. The molecule has 1 aromatic carbocycles. The predicted molar refractivity (Wildman–Crippen MR) is 75.1 cm³/mol. The van der Waals surface area contributed by atoms with Crippen molar-refractivity contribution in [2.45, 2.75) is 32.1 Å². The molecule has 1 aromatic rings. The lowest BCUT2D eigenvalue weighted by Gasteiger charge is -2.13. The van der Waals surface area contributed by atoms with Crippen LogP contribution in [0.25, 0.3) is 0 Å². The average Bonchev–Trinajstić information content (AvgIpc) is 2.42. The molecule has 0 nitrogen and oxygen atoms in total. The van der Waals surface area contributed by atoms with Crippen molar-refractivity contribution in [2.24, 2.45) is 0 Å². The van der Waals surface area contributed by atoms with Crippen LogP contribution in [-0.4, -0.2) is 0 Å². The molecule has 0 saturated heterocycles. The lowest BCUT2D eigenvalue weighted by Crippen LogP contribution is -1.96. The third-order valence-corrected chi connectivity index (χ3v) is 3.34. The van der Waals surface area contributed by atoms with E-state index >= 15 is 0 Å². The summed E-state index contributed by atoms with van der Waals surface area (Å²) in [5.74, 6) is 0.656. The summed E-state index contributed by atoms with van der Waals surface area (Å²) in [6.07, 6.45) is 14.5. The van der Waals surface area contributed by atoms with Gasteiger partial charge in [-0.3, -0.25) is 0 Å². The Morgan fingerprint density at radius 1 is 1.18 bits per heavy atom. The summed E-state index contributed by atoms with van der Waals surface area (Å²) in [6, 6.07) is 10.8. The summed E-state index contributed by atoms with van der Waals surface area (Å²) >= 11 is 0. The molecular formula is C17H20. The monoisotopic (exact) mass is 224 g/mol. The molecule has 0 amide bonds. The van der Waals surface area contributed by atoms with Gasteiger partial charge in [-0.15, -0.1) is 0 Å². The second-order valence-corrected chi connectivity index (χ2v) is 4.52. The molecular weight excluding hydrogens is 204 g/mol. The molecule has 17 heavy (non-hydrogen) atoms. The van der Waals surface area contributed by atoms with Crippen molar-refractivity contribution in [3.8, 4) is 0 Å². The van der Waals surface area contributed by atoms with Crippen molar-refractivity contribution in [2.75, 3.05) is 0 Å². The number of rotatable bonds is 4. The highest BCUT2D eigenvalue weighted by Crippen LogP contribution is 2.25. The van der Waals surface area contributed by atoms with Crippen molar-refractivity contribution in [1.82, 2.24) is 0 Å². The second-order valence-electron chi connectivity index (χ2n) is 4.52. The molecule has 0 radical (unpaired) electrons. The van der Waals surface area contributed by atoms with Crippen molar-refractivity contribution < 1.29 is 0 Å². The first-order chi connectivity index (χ1) is 8.40. The van der Waals surface area contributed by atoms with E-state index in [1.165, 1.54) is 17.6 Å². The Morgan fingerprint density at radius 2 is 2.00 bits per heavy atom. The molecule has 0 fully saturated rings. The number of allylic oxidation sites excluding steroid dienone is 6. The van der Waals surface area contributed by atoms with Gasteiger partial charge in [0, 0.05) is 0 Å². The molecule has 0 heterocycles. The lowest BCUT2D eigenvalue weighted by molar-refractivity contribution is 0.672. The van der Waals surface area contributed by atoms with Gasteiger partial charge < -0.3 is 0 Å². The fourth-order valence-electron chi connectivity index (χ4n) is 2.24. The first-order valence-corrected chi connectivity index (χ1v) is 6.47. The van der Waals surface area contributed by atoms with E-state index < -0.39 is 0 Å². The molecule has 0 saturated carbocycles. The van der Waals surface area contributed by atoms with E-state index in [2.05, 4.69) is 67.6 Å². The first-order valence-electron chi connectivity index (χ1n) is 6.47. The van der Waals surface area contributed by atoms with Crippen molar-refractivity contribution in [3.63, 3.8) is 0 Å². The van der Waals surface area contributed by atoms with Gasteiger partial charge in [0.25, 0.3) is 0 Å². The quantitative estimate of drug-likeness (QED) is 0.674. The Bertz CT molecular complexity index is 421. The minimum atomic E-state index is 0.656. The molecule has 2 rings (SSSR count). The summed E-state index contributed by atoms with van der Waals surface area (Å²) in [7, 11) is 0. The Hall–Kier alpha value is -1.56. The van der Waals surface area contributed by atoms with Crippen LogP contribution in [0.2, 0.25) is 0 Å². The fourth-order valence-corrected chi connectivity index (χ4v) is 2.24. The van der Waals surface area contributed by atoms with E-state index in [0.29, 0.717) is 5.92 Å². The lowest BCUT2D eigenvalue weighted by atomic mass is 9.92. The van der Waals surface area contributed by atoms with Crippen LogP contribution in [-0.2, 0) is 0 Å². The number of benzene rings is 1. The summed E-state index contributed by atoms with van der Waals surface area (Å²) in [6.45, 7) is 2.27. The van der Waals surface area contributed by atoms with Crippen LogP contribution in [0.4, 0.5) is 0 Å². The summed E-state index contributed by atoms with van der Waals surface area (Å²) in [4.78, 5) is 0. The Balaban J connectivity index is 2.01. The Morgan fingerprint density at radius 3 is 2.65 bits per heavy atom. The molecule has 0 heteroatoms. The molecule has 0 aliphatic heterocycles. The van der Waals surface area contributed by atoms with Crippen LogP contribution in [0.3, 0.4) is 0 Å². The zero-order chi connectivity index (χ0) is 11.9. The van der Waals surface area contributed by atoms with Gasteiger partial charge in [-0.25, -0.2) is 0 Å². The maximum Gasteiger partial charge on any atom is -0.00975 e. The molecule has 0 N–H and O–H groups in total. The molecule has 1 aliphatic rings. The highest BCUT2D eigenvalue weighted by atomic mass is 14.1. The zero-order valence-corrected chi connectivity index (χ0v) is 10.5. The van der Waals surface area contributed by atoms with Crippen LogP contribution in [0.1, 0.15) is 37.7 Å². The largest absolute Gasteiger partial charge is 0.0804 e. The number of hydrogen-bond donors (Lipinski definition) is 0. The Labute approximate surface area is 104 Å². The first kappa shape index (κ1) is 11.9. The SMILES string of the molecule is CCC(C/C=C1\C=CC=CC1)c1ccccc1. The summed E-state index contributed by atoms with van der Waals surface area (Å²) in [5, 5.41) is 0. The van der Waals surface area contributed by atoms with Crippen LogP contribution < -0.4 is 0 Å². The van der Waals surface area contributed by atoms with E-state index in [1.807, 2.05) is 0 Å². The predicted octanol–water partition coefficient (Wildman–Crippen LogP) is 5.01. The molecule has 0 aromatic heterocycles. The number of hydrogen-bond acceptors (Lipinski definition) is 0. The fraction of sp³-hybridized carbons (Fsp3) is 0.294. The minimum Gasteiger partial charge on any atom is -0.0804 e. The third kappa shape index (κ3) is 3.45. The van der Waals surface area contributed by atoms with Crippen molar-refractivity contribution in [1.29, 1.82) is 0 Å². The van der Waals surface area contributed by atoms with Crippen molar-refractivity contribution in [3.05, 3.63) is 71.8 Å². The normalized spacial score (nSPS) is 18.5. The van der Waals surface area contributed by atoms with Crippen LogP contribution in [0.15, 0.2) is 66.3 Å². The van der Waals surface area contributed by atoms with Gasteiger partial charge in [-0.1, -0.05) is 67.6 Å². The maximum absolute atomic E-state index is 2.39. The zero-order valence-electron chi connectivity index (χ0n) is 10.5. The molecule has 88 valence electrons. The smallest absolute Gasteiger partial charge is 0.00975 e. The van der Waals surface area contributed by atoms with Gasteiger partial charge >= 0.3 is 0 Å². The van der Waals surface area contributed by atoms with E-state index in [4.69, 9.17) is 0 Å². The van der Waals surface area contributed by atoms with Crippen LogP contribution >= 0.6 is 0 Å². The molecule has 1 atom stereocenters. The van der Waals surface area contributed by atoms with Gasteiger partial charge in [0.05, 0.1) is 0 Å².